The Hall–Kier alpha value is -2.16. The topological polar surface area (TPSA) is 42.0 Å². The molecule has 0 spiro atoms. The van der Waals surface area contributed by atoms with Crippen LogP contribution in [0.5, 0.6) is 0 Å². The van der Waals surface area contributed by atoms with Gasteiger partial charge in [0.05, 0.1) is 0 Å². The van der Waals surface area contributed by atoms with Crippen molar-refractivity contribution in [2.24, 2.45) is 0 Å². The molecule has 1 heterocycles. The zero-order valence-corrected chi connectivity index (χ0v) is 8.68. The van der Waals surface area contributed by atoms with Gasteiger partial charge in [-0.3, -0.25) is 9.78 Å². The summed E-state index contributed by atoms with van der Waals surface area (Å²) in [5, 5.41) is 2.76. The van der Waals surface area contributed by atoms with E-state index in [9.17, 15) is 4.79 Å². The molecular formula is C13H11N2O. The molecule has 0 aliphatic heterocycles. The Kier molecular flexibility index (Phi) is 2.96. The second-order valence-electron chi connectivity index (χ2n) is 3.37. The maximum absolute atomic E-state index is 11.7. The van der Waals surface area contributed by atoms with E-state index in [0.29, 0.717) is 5.69 Å². The number of benzene rings is 1. The smallest absolute Gasteiger partial charge is 0.274 e. The van der Waals surface area contributed by atoms with Crippen molar-refractivity contribution in [1.82, 2.24) is 4.98 Å². The Bertz CT molecular complexity index is 477. The highest BCUT2D eigenvalue weighted by molar-refractivity contribution is 6.02. The number of aromatic nitrogens is 1. The van der Waals surface area contributed by atoms with Gasteiger partial charge in [-0.05, 0) is 36.8 Å². The van der Waals surface area contributed by atoms with Gasteiger partial charge in [-0.25, -0.2) is 0 Å². The minimum absolute atomic E-state index is 0.211. The second kappa shape index (κ2) is 4.57. The highest BCUT2D eigenvalue weighted by Gasteiger charge is 2.05. The second-order valence-corrected chi connectivity index (χ2v) is 3.37. The van der Waals surface area contributed by atoms with Gasteiger partial charge < -0.3 is 5.32 Å². The van der Waals surface area contributed by atoms with E-state index < -0.39 is 0 Å². The van der Waals surface area contributed by atoms with E-state index in [4.69, 9.17) is 0 Å². The molecule has 0 aliphatic carbocycles. The molecule has 1 N–H and O–H groups in total. The highest BCUT2D eigenvalue weighted by Crippen LogP contribution is 2.09. The number of nitrogens with zero attached hydrogens (tertiary/aromatic N) is 1. The lowest BCUT2D eigenvalue weighted by Crippen LogP contribution is -2.13. The van der Waals surface area contributed by atoms with Crippen LogP contribution in [0.4, 0.5) is 5.69 Å². The first kappa shape index (κ1) is 10.4. The van der Waals surface area contributed by atoms with Crippen molar-refractivity contribution in [1.29, 1.82) is 0 Å². The lowest BCUT2D eigenvalue weighted by atomic mass is 10.2. The van der Waals surface area contributed by atoms with Crippen LogP contribution in [0.15, 0.2) is 48.7 Å². The molecule has 0 fully saturated rings. The summed E-state index contributed by atoms with van der Waals surface area (Å²) >= 11 is 0. The molecule has 0 bridgehead atoms. The van der Waals surface area contributed by atoms with Crippen molar-refractivity contribution in [2.75, 3.05) is 5.32 Å². The molecule has 1 amide bonds. The molecule has 1 radical (unpaired) electrons. The van der Waals surface area contributed by atoms with Crippen LogP contribution < -0.4 is 5.32 Å². The first-order chi connectivity index (χ1) is 7.75. The average Bonchev–Trinajstić information content (AvgIpc) is 2.33. The zero-order valence-electron chi connectivity index (χ0n) is 8.68. The Labute approximate surface area is 94.1 Å². The van der Waals surface area contributed by atoms with Crippen LogP contribution in [0.3, 0.4) is 0 Å². The average molecular weight is 211 g/mol. The molecule has 0 aliphatic rings. The molecular weight excluding hydrogens is 200 g/mol. The summed E-state index contributed by atoms with van der Waals surface area (Å²) < 4.78 is 0. The van der Waals surface area contributed by atoms with Crippen LogP contribution in [0.25, 0.3) is 0 Å². The van der Waals surface area contributed by atoms with Crippen LogP contribution in [-0.4, -0.2) is 10.9 Å². The van der Waals surface area contributed by atoms with Crippen LogP contribution in [0.1, 0.15) is 16.1 Å². The molecule has 1 aromatic carbocycles. The molecule has 3 nitrogen and oxygen atoms in total. The predicted octanol–water partition coefficient (Wildman–Crippen LogP) is 2.52. The first-order valence-electron chi connectivity index (χ1n) is 4.90. The van der Waals surface area contributed by atoms with Gasteiger partial charge in [0, 0.05) is 11.9 Å². The normalized spacial score (nSPS) is 9.81. The Morgan fingerprint density at radius 3 is 2.50 bits per heavy atom. The Balaban J connectivity index is 2.11. The van der Waals surface area contributed by atoms with Crippen molar-refractivity contribution in [2.45, 2.75) is 0 Å². The van der Waals surface area contributed by atoms with Gasteiger partial charge in [-0.15, -0.1) is 0 Å². The lowest BCUT2D eigenvalue weighted by Gasteiger charge is -2.04. The number of hydrogen-bond donors (Lipinski definition) is 1. The largest absolute Gasteiger partial charge is 0.321 e. The van der Waals surface area contributed by atoms with Crippen molar-refractivity contribution < 1.29 is 4.79 Å². The zero-order chi connectivity index (χ0) is 11.4. The number of rotatable bonds is 2. The van der Waals surface area contributed by atoms with E-state index in [-0.39, 0.29) is 5.91 Å². The molecule has 2 rings (SSSR count). The number of amides is 1. The summed E-state index contributed by atoms with van der Waals surface area (Å²) in [5.74, 6) is -0.211. The van der Waals surface area contributed by atoms with E-state index in [1.54, 1.807) is 24.4 Å². The van der Waals surface area contributed by atoms with Gasteiger partial charge in [0.15, 0.2) is 0 Å². The minimum atomic E-state index is -0.211. The quantitative estimate of drug-likeness (QED) is 0.829. The molecule has 0 saturated heterocycles. The summed E-state index contributed by atoms with van der Waals surface area (Å²) in [6.07, 6.45) is 1.59. The molecule has 2 aromatic rings. The van der Waals surface area contributed by atoms with Crippen molar-refractivity contribution in [3.63, 3.8) is 0 Å². The number of nitrogens with one attached hydrogen (secondary N) is 1. The summed E-state index contributed by atoms with van der Waals surface area (Å²) in [6, 6.07) is 12.5. The third-order valence-electron chi connectivity index (χ3n) is 2.11. The van der Waals surface area contributed by atoms with E-state index in [0.717, 1.165) is 11.3 Å². The van der Waals surface area contributed by atoms with Crippen molar-refractivity contribution in [3.8, 4) is 0 Å². The molecule has 0 saturated carbocycles. The fraction of sp³-hybridized carbons (Fsp3) is 0. The molecule has 0 unspecified atom stereocenters. The monoisotopic (exact) mass is 211 g/mol. The molecule has 79 valence electrons. The van der Waals surface area contributed by atoms with Gasteiger partial charge >= 0.3 is 0 Å². The summed E-state index contributed by atoms with van der Waals surface area (Å²) in [4.78, 5) is 15.7. The molecule has 16 heavy (non-hydrogen) atoms. The maximum atomic E-state index is 11.7. The van der Waals surface area contributed by atoms with Gasteiger partial charge in [-0.2, -0.15) is 0 Å². The third-order valence-corrected chi connectivity index (χ3v) is 2.11. The van der Waals surface area contributed by atoms with E-state index in [1.807, 2.05) is 24.3 Å². The molecule has 0 atom stereocenters. The van der Waals surface area contributed by atoms with Crippen LogP contribution in [0.2, 0.25) is 0 Å². The van der Waals surface area contributed by atoms with E-state index in [2.05, 4.69) is 17.2 Å². The Morgan fingerprint density at radius 1 is 1.12 bits per heavy atom. The third kappa shape index (κ3) is 2.45. The highest BCUT2D eigenvalue weighted by atomic mass is 16.1. The number of hydrogen-bond acceptors (Lipinski definition) is 2. The Morgan fingerprint density at radius 2 is 1.88 bits per heavy atom. The van der Waals surface area contributed by atoms with E-state index in [1.165, 1.54) is 0 Å². The fourth-order valence-corrected chi connectivity index (χ4v) is 1.28. The standard InChI is InChI=1S/C13H11N2O/c1-10-5-7-11(8-6-10)15-13(16)12-4-2-3-9-14-12/h2-9H,1H2,(H,15,16). The summed E-state index contributed by atoms with van der Waals surface area (Å²) in [6.45, 7) is 3.77. The maximum Gasteiger partial charge on any atom is 0.274 e. The lowest BCUT2D eigenvalue weighted by molar-refractivity contribution is 0.102. The molecule has 3 heteroatoms. The first-order valence-corrected chi connectivity index (χ1v) is 4.90. The summed E-state index contributed by atoms with van der Waals surface area (Å²) in [5.41, 5.74) is 2.06. The molecule has 1 aromatic heterocycles. The summed E-state index contributed by atoms with van der Waals surface area (Å²) in [7, 11) is 0. The minimum Gasteiger partial charge on any atom is -0.321 e. The number of anilines is 1. The predicted molar refractivity (Wildman–Crippen MR) is 63.1 cm³/mol. The number of pyridine rings is 1. The fourth-order valence-electron chi connectivity index (χ4n) is 1.28. The van der Waals surface area contributed by atoms with Crippen LogP contribution in [-0.2, 0) is 0 Å². The SMILES string of the molecule is [CH2]c1ccc(NC(=O)c2ccccn2)cc1. The van der Waals surface area contributed by atoms with Crippen molar-refractivity contribution >= 4 is 11.6 Å². The van der Waals surface area contributed by atoms with Gasteiger partial charge in [0.1, 0.15) is 5.69 Å². The number of carbonyl (C=O) groups is 1. The van der Waals surface area contributed by atoms with Gasteiger partial charge in [-0.1, -0.05) is 18.2 Å². The van der Waals surface area contributed by atoms with Crippen LogP contribution in [0, 0.1) is 6.92 Å². The number of carbonyl (C=O) groups excluding carboxylic acids is 1. The van der Waals surface area contributed by atoms with Crippen LogP contribution >= 0.6 is 0 Å². The van der Waals surface area contributed by atoms with Crippen molar-refractivity contribution in [3.05, 3.63) is 66.8 Å². The van der Waals surface area contributed by atoms with E-state index >= 15 is 0 Å². The van der Waals surface area contributed by atoms with Gasteiger partial charge in [0.2, 0.25) is 0 Å². The van der Waals surface area contributed by atoms with Gasteiger partial charge in [0.25, 0.3) is 5.91 Å².